The third-order valence-electron chi connectivity index (χ3n) is 4.15. The van der Waals surface area contributed by atoms with E-state index in [2.05, 4.69) is 5.32 Å². The molecule has 5 nitrogen and oxygen atoms in total. The molecule has 0 bridgehead atoms. The van der Waals surface area contributed by atoms with Crippen molar-refractivity contribution in [2.45, 2.75) is 30.9 Å². The van der Waals surface area contributed by atoms with Crippen molar-refractivity contribution in [3.8, 4) is 6.07 Å². The molecule has 2 aliphatic rings. The van der Waals surface area contributed by atoms with E-state index in [-0.39, 0.29) is 6.10 Å². The Balaban J connectivity index is 1.60. The summed E-state index contributed by atoms with van der Waals surface area (Å²) >= 11 is 0. The SMILES string of the molecule is N#Cc1cc(NC[C@H]2COC3(CCOCC3)O2)ccc1C(F)(F)F. The molecule has 1 N–H and O–H groups in total. The molecule has 1 aromatic carbocycles. The fourth-order valence-electron chi connectivity index (χ4n) is 2.89. The maximum atomic E-state index is 12.8. The first-order valence-corrected chi connectivity index (χ1v) is 7.67. The normalized spacial score (nSPS) is 23.2. The van der Waals surface area contributed by atoms with E-state index in [1.807, 2.05) is 0 Å². The van der Waals surface area contributed by atoms with Crippen LogP contribution in [-0.2, 0) is 20.4 Å². The van der Waals surface area contributed by atoms with Gasteiger partial charge in [0.05, 0.1) is 37.0 Å². The van der Waals surface area contributed by atoms with Gasteiger partial charge in [-0.2, -0.15) is 18.4 Å². The Labute approximate surface area is 137 Å². The lowest BCUT2D eigenvalue weighted by Gasteiger charge is -2.31. The van der Waals surface area contributed by atoms with Crippen LogP contribution in [0.5, 0.6) is 0 Å². The zero-order chi connectivity index (χ0) is 17.2. The Kier molecular flexibility index (Phi) is 4.67. The average Bonchev–Trinajstić information content (AvgIpc) is 2.95. The summed E-state index contributed by atoms with van der Waals surface area (Å²) < 4.78 is 55.3. The summed E-state index contributed by atoms with van der Waals surface area (Å²) in [7, 11) is 0. The lowest BCUT2D eigenvalue weighted by molar-refractivity contribution is -0.209. The summed E-state index contributed by atoms with van der Waals surface area (Å²) in [6, 6.07) is 5.00. The van der Waals surface area contributed by atoms with Gasteiger partial charge in [0.15, 0.2) is 5.79 Å². The van der Waals surface area contributed by atoms with Crippen LogP contribution in [0.2, 0.25) is 0 Å². The molecular weight excluding hydrogens is 325 g/mol. The van der Waals surface area contributed by atoms with Gasteiger partial charge in [-0.05, 0) is 18.2 Å². The molecule has 0 saturated carbocycles. The number of benzene rings is 1. The zero-order valence-electron chi connectivity index (χ0n) is 12.9. The Morgan fingerprint density at radius 3 is 2.71 bits per heavy atom. The Morgan fingerprint density at radius 1 is 1.29 bits per heavy atom. The van der Waals surface area contributed by atoms with Crippen molar-refractivity contribution in [1.82, 2.24) is 0 Å². The maximum Gasteiger partial charge on any atom is 0.417 e. The van der Waals surface area contributed by atoms with Crippen LogP contribution in [-0.4, -0.2) is 38.3 Å². The smallest absolute Gasteiger partial charge is 0.382 e. The third kappa shape index (κ3) is 3.64. The van der Waals surface area contributed by atoms with E-state index in [4.69, 9.17) is 19.5 Å². The van der Waals surface area contributed by atoms with Gasteiger partial charge in [-0.3, -0.25) is 0 Å². The fourth-order valence-corrected chi connectivity index (χ4v) is 2.89. The van der Waals surface area contributed by atoms with Gasteiger partial charge in [-0.25, -0.2) is 0 Å². The predicted molar refractivity (Wildman–Crippen MR) is 78.3 cm³/mol. The number of nitriles is 1. The molecule has 1 spiro atoms. The monoisotopic (exact) mass is 342 g/mol. The van der Waals surface area contributed by atoms with Gasteiger partial charge in [0, 0.05) is 25.1 Å². The van der Waals surface area contributed by atoms with Crippen LogP contribution in [0, 0.1) is 11.3 Å². The van der Waals surface area contributed by atoms with Gasteiger partial charge in [-0.15, -0.1) is 0 Å². The van der Waals surface area contributed by atoms with E-state index in [1.54, 1.807) is 6.07 Å². The number of alkyl halides is 3. The largest absolute Gasteiger partial charge is 0.417 e. The second-order valence-electron chi connectivity index (χ2n) is 5.82. The second-order valence-corrected chi connectivity index (χ2v) is 5.82. The molecule has 24 heavy (non-hydrogen) atoms. The molecule has 0 amide bonds. The molecule has 0 radical (unpaired) electrons. The highest BCUT2D eigenvalue weighted by Gasteiger charge is 2.42. The number of ether oxygens (including phenoxy) is 3. The Bertz CT molecular complexity index is 636. The Morgan fingerprint density at radius 2 is 2.04 bits per heavy atom. The Hall–Kier alpha value is -1.82. The van der Waals surface area contributed by atoms with Crippen molar-refractivity contribution in [1.29, 1.82) is 5.26 Å². The van der Waals surface area contributed by atoms with Crippen molar-refractivity contribution in [2.24, 2.45) is 0 Å². The summed E-state index contributed by atoms with van der Waals surface area (Å²) in [4.78, 5) is 0. The molecule has 2 fully saturated rings. The van der Waals surface area contributed by atoms with Gasteiger partial charge < -0.3 is 19.5 Å². The van der Waals surface area contributed by atoms with Gasteiger partial charge in [-0.1, -0.05) is 0 Å². The van der Waals surface area contributed by atoms with Crippen LogP contribution in [0.3, 0.4) is 0 Å². The molecule has 0 unspecified atom stereocenters. The molecule has 1 aromatic rings. The molecule has 2 saturated heterocycles. The molecule has 8 heteroatoms. The molecule has 0 aromatic heterocycles. The first kappa shape index (κ1) is 17.0. The summed E-state index contributed by atoms with van der Waals surface area (Å²) in [5.74, 6) is -0.595. The van der Waals surface area contributed by atoms with Crippen LogP contribution in [0.1, 0.15) is 24.0 Å². The standard InChI is InChI=1S/C16H17F3N2O3/c17-16(18,19)14-2-1-12(7-11(14)8-20)21-9-13-10-23-15(24-13)3-5-22-6-4-15/h1-2,7,13,21H,3-6,9-10H2/t13-/m0/s1. The van der Waals surface area contributed by atoms with Gasteiger partial charge in [0.25, 0.3) is 0 Å². The molecule has 0 aliphatic carbocycles. The highest BCUT2D eigenvalue weighted by atomic mass is 19.4. The third-order valence-corrected chi connectivity index (χ3v) is 4.15. The minimum Gasteiger partial charge on any atom is -0.382 e. The van der Waals surface area contributed by atoms with Crippen LogP contribution >= 0.6 is 0 Å². The minimum atomic E-state index is -4.54. The number of halogens is 3. The van der Waals surface area contributed by atoms with Crippen molar-refractivity contribution in [3.63, 3.8) is 0 Å². The summed E-state index contributed by atoms with van der Waals surface area (Å²) in [6.07, 6.45) is -3.40. The number of rotatable bonds is 3. The zero-order valence-corrected chi connectivity index (χ0v) is 12.9. The average molecular weight is 342 g/mol. The predicted octanol–water partition coefficient (Wildman–Crippen LogP) is 2.91. The molecule has 1 atom stereocenters. The number of nitrogens with one attached hydrogen (secondary N) is 1. The first-order chi connectivity index (χ1) is 11.4. The van der Waals surface area contributed by atoms with E-state index >= 15 is 0 Å². The van der Waals surface area contributed by atoms with Gasteiger partial charge in [0.1, 0.15) is 6.10 Å². The summed E-state index contributed by atoms with van der Waals surface area (Å²) in [6.45, 7) is 1.98. The topological polar surface area (TPSA) is 63.5 Å². The first-order valence-electron chi connectivity index (χ1n) is 7.67. The van der Waals surface area contributed by atoms with Crippen LogP contribution < -0.4 is 5.32 Å². The van der Waals surface area contributed by atoms with Crippen LogP contribution in [0.15, 0.2) is 18.2 Å². The van der Waals surface area contributed by atoms with Crippen molar-refractivity contribution < 1.29 is 27.4 Å². The molecule has 2 aliphatic heterocycles. The second kappa shape index (κ2) is 6.59. The fraction of sp³-hybridized carbons (Fsp3) is 0.562. The van der Waals surface area contributed by atoms with Gasteiger partial charge in [0.2, 0.25) is 0 Å². The lowest BCUT2D eigenvalue weighted by atomic mass is 10.1. The molecule has 2 heterocycles. The lowest BCUT2D eigenvalue weighted by Crippen LogP contribution is -2.38. The van der Waals surface area contributed by atoms with E-state index in [9.17, 15) is 13.2 Å². The minimum absolute atomic E-state index is 0.198. The highest BCUT2D eigenvalue weighted by Crippen LogP contribution is 2.34. The quantitative estimate of drug-likeness (QED) is 0.915. The van der Waals surface area contributed by atoms with E-state index in [0.717, 1.165) is 6.07 Å². The highest BCUT2D eigenvalue weighted by molar-refractivity contribution is 5.53. The van der Waals surface area contributed by atoms with E-state index in [1.165, 1.54) is 12.1 Å². The molecule has 130 valence electrons. The maximum absolute atomic E-state index is 12.8. The number of hydrogen-bond donors (Lipinski definition) is 1. The van der Waals surface area contributed by atoms with Crippen molar-refractivity contribution >= 4 is 5.69 Å². The number of hydrogen-bond acceptors (Lipinski definition) is 5. The summed E-state index contributed by atoms with van der Waals surface area (Å²) in [5.41, 5.74) is -0.898. The molecule has 3 rings (SSSR count). The molecular formula is C16H17F3N2O3. The van der Waals surface area contributed by atoms with E-state index < -0.39 is 23.1 Å². The number of nitrogens with zero attached hydrogens (tertiary/aromatic N) is 1. The number of anilines is 1. The van der Waals surface area contributed by atoms with Gasteiger partial charge >= 0.3 is 6.18 Å². The van der Waals surface area contributed by atoms with Crippen LogP contribution in [0.25, 0.3) is 0 Å². The summed E-state index contributed by atoms with van der Waals surface area (Å²) in [5, 5.41) is 11.9. The van der Waals surface area contributed by atoms with Crippen molar-refractivity contribution in [2.75, 3.05) is 31.7 Å². The van der Waals surface area contributed by atoms with Crippen molar-refractivity contribution in [3.05, 3.63) is 29.3 Å². The van der Waals surface area contributed by atoms with E-state index in [0.29, 0.717) is 44.9 Å². The van der Waals surface area contributed by atoms with Crippen LogP contribution in [0.4, 0.5) is 18.9 Å².